The molecule has 0 radical (unpaired) electrons. The van der Waals surface area contributed by atoms with E-state index in [4.69, 9.17) is 4.74 Å². The van der Waals surface area contributed by atoms with Crippen molar-refractivity contribution in [2.75, 3.05) is 30.3 Å². The number of carbonyl (C=O) groups excluding carboxylic acids is 1. The number of nitrogens with one attached hydrogen (secondary N) is 1. The van der Waals surface area contributed by atoms with Gasteiger partial charge in [0.25, 0.3) is 0 Å². The lowest BCUT2D eigenvalue weighted by atomic mass is 9.87. The van der Waals surface area contributed by atoms with Gasteiger partial charge in [-0.15, -0.1) is 0 Å². The highest BCUT2D eigenvalue weighted by molar-refractivity contribution is 7.92. The summed E-state index contributed by atoms with van der Waals surface area (Å²) in [5.74, 6) is 0.337. The van der Waals surface area contributed by atoms with Crippen molar-refractivity contribution < 1.29 is 17.9 Å². The highest BCUT2D eigenvalue weighted by Crippen LogP contribution is 2.25. The minimum atomic E-state index is -3.60. The fraction of sp³-hybridized carbons (Fsp3) is 0.409. The van der Waals surface area contributed by atoms with Crippen LogP contribution in [0.3, 0.4) is 0 Å². The second kappa shape index (κ2) is 9.31. The van der Waals surface area contributed by atoms with Crippen LogP contribution in [-0.2, 0) is 20.2 Å². The van der Waals surface area contributed by atoms with E-state index in [0.29, 0.717) is 12.3 Å². The van der Waals surface area contributed by atoms with Gasteiger partial charge in [0.05, 0.1) is 18.5 Å². The monoisotopic (exact) mass is 418 g/mol. The van der Waals surface area contributed by atoms with Gasteiger partial charge in [0.2, 0.25) is 15.9 Å². The maximum absolute atomic E-state index is 12.3. The smallest absolute Gasteiger partial charge is 0.240 e. The summed E-state index contributed by atoms with van der Waals surface area (Å²) < 4.78 is 31.1. The Balaban J connectivity index is 1.94. The molecule has 0 aliphatic heterocycles. The molecule has 0 bridgehead atoms. The van der Waals surface area contributed by atoms with E-state index in [-0.39, 0.29) is 24.4 Å². The average Bonchev–Trinajstić information content (AvgIpc) is 2.63. The van der Waals surface area contributed by atoms with Crippen molar-refractivity contribution in [3.05, 3.63) is 59.7 Å². The molecule has 0 saturated carbocycles. The standard InChI is InChI=1S/C22H30N2O4S/c1-17-6-12-20(13-7-17)28-15-14-23-21(25)16-24(29(5,26)27)19-10-8-18(9-11-19)22(2,3)4/h6-13H,14-16H2,1-5H3,(H,23,25). The third-order valence-corrected chi connectivity index (χ3v) is 5.56. The van der Waals surface area contributed by atoms with Gasteiger partial charge in [0, 0.05) is 0 Å². The molecule has 0 saturated heterocycles. The molecule has 1 N–H and O–H groups in total. The first-order valence-corrected chi connectivity index (χ1v) is 11.4. The van der Waals surface area contributed by atoms with E-state index >= 15 is 0 Å². The number of hydrogen-bond acceptors (Lipinski definition) is 4. The zero-order valence-corrected chi connectivity index (χ0v) is 18.5. The molecule has 2 aromatic rings. The topological polar surface area (TPSA) is 75.7 Å². The minimum Gasteiger partial charge on any atom is -0.492 e. The lowest BCUT2D eigenvalue weighted by Gasteiger charge is -2.24. The molecule has 1 amide bonds. The van der Waals surface area contributed by atoms with Crippen LogP contribution in [0.5, 0.6) is 5.75 Å². The van der Waals surface area contributed by atoms with Crippen LogP contribution in [0.15, 0.2) is 48.5 Å². The molecule has 0 aliphatic carbocycles. The number of ether oxygens (including phenoxy) is 1. The number of aryl methyl sites for hydroxylation is 1. The number of hydrogen-bond donors (Lipinski definition) is 1. The second-order valence-electron chi connectivity index (χ2n) is 8.08. The first-order valence-electron chi connectivity index (χ1n) is 9.51. The fourth-order valence-corrected chi connectivity index (χ4v) is 3.56. The van der Waals surface area contributed by atoms with Gasteiger partial charge in [0.1, 0.15) is 18.9 Å². The van der Waals surface area contributed by atoms with Crippen LogP contribution in [0.1, 0.15) is 31.9 Å². The van der Waals surface area contributed by atoms with Gasteiger partial charge < -0.3 is 10.1 Å². The first kappa shape index (κ1) is 22.7. The summed E-state index contributed by atoms with van der Waals surface area (Å²) in [7, 11) is -3.60. The predicted octanol–water partition coefficient (Wildman–Crippen LogP) is 3.25. The molecule has 0 heterocycles. The third-order valence-electron chi connectivity index (χ3n) is 4.42. The van der Waals surface area contributed by atoms with E-state index in [1.54, 1.807) is 12.1 Å². The molecular weight excluding hydrogens is 388 g/mol. The molecule has 0 atom stereocenters. The third kappa shape index (κ3) is 7.09. The Morgan fingerprint density at radius 2 is 1.62 bits per heavy atom. The van der Waals surface area contributed by atoms with E-state index in [2.05, 4.69) is 26.1 Å². The van der Waals surface area contributed by atoms with Crippen LogP contribution < -0.4 is 14.4 Å². The number of nitrogens with zero attached hydrogens (tertiary/aromatic N) is 1. The Labute approximate surface area is 173 Å². The van der Waals surface area contributed by atoms with Crippen molar-refractivity contribution in [3.63, 3.8) is 0 Å². The van der Waals surface area contributed by atoms with Crippen LogP contribution in [0, 0.1) is 6.92 Å². The predicted molar refractivity (Wildman–Crippen MR) is 117 cm³/mol. The first-order chi connectivity index (χ1) is 13.5. The Hall–Kier alpha value is -2.54. The van der Waals surface area contributed by atoms with Crippen molar-refractivity contribution in [3.8, 4) is 5.75 Å². The van der Waals surface area contributed by atoms with Crippen LogP contribution in [-0.4, -0.2) is 40.3 Å². The summed E-state index contributed by atoms with van der Waals surface area (Å²) >= 11 is 0. The lowest BCUT2D eigenvalue weighted by molar-refractivity contribution is -0.119. The van der Waals surface area contributed by atoms with Crippen molar-refractivity contribution >= 4 is 21.6 Å². The van der Waals surface area contributed by atoms with Crippen molar-refractivity contribution in [1.29, 1.82) is 0 Å². The van der Waals surface area contributed by atoms with E-state index < -0.39 is 10.0 Å². The fourth-order valence-electron chi connectivity index (χ4n) is 2.71. The molecule has 0 unspecified atom stereocenters. The molecule has 0 aromatic heterocycles. The Kier molecular flexibility index (Phi) is 7.30. The van der Waals surface area contributed by atoms with Crippen molar-refractivity contribution in [2.24, 2.45) is 0 Å². The second-order valence-corrected chi connectivity index (χ2v) is 9.98. The molecular formula is C22H30N2O4S. The van der Waals surface area contributed by atoms with Gasteiger partial charge in [-0.1, -0.05) is 50.6 Å². The highest BCUT2D eigenvalue weighted by atomic mass is 32.2. The summed E-state index contributed by atoms with van der Waals surface area (Å²) in [5, 5.41) is 2.70. The summed E-state index contributed by atoms with van der Waals surface area (Å²) in [5.41, 5.74) is 2.66. The number of benzene rings is 2. The molecule has 7 heteroatoms. The van der Waals surface area contributed by atoms with Crippen molar-refractivity contribution in [2.45, 2.75) is 33.1 Å². The SMILES string of the molecule is Cc1ccc(OCCNC(=O)CN(c2ccc(C(C)(C)C)cc2)S(C)(=O)=O)cc1. The van der Waals surface area contributed by atoms with Gasteiger partial charge in [0.15, 0.2) is 0 Å². The Morgan fingerprint density at radius 3 is 2.14 bits per heavy atom. The number of anilines is 1. The van der Waals surface area contributed by atoms with E-state index in [1.165, 1.54) is 0 Å². The van der Waals surface area contributed by atoms with Crippen molar-refractivity contribution in [1.82, 2.24) is 5.32 Å². The van der Waals surface area contributed by atoms with Crippen LogP contribution in [0.2, 0.25) is 0 Å². The molecule has 29 heavy (non-hydrogen) atoms. The largest absolute Gasteiger partial charge is 0.492 e. The molecule has 0 spiro atoms. The van der Waals surface area contributed by atoms with Crippen LogP contribution in [0.4, 0.5) is 5.69 Å². The maximum Gasteiger partial charge on any atom is 0.240 e. The Morgan fingerprint density at radius 1 is 1.03 bits per heavy atom. The average molecular weight is 419 g/mol. The number of rotatable bonds is 8. The van der Waals surface area contributed by atoms with E-state index in [9.17, 15) is 13.2 Å². The number of carbonyl (C=O) groups is 1. The molecule has 0 fully saturated rings. The van der Waals surface area contributed by atoms with Gasteiger partial charge in [-0.2, -0.15) is 0 Å². The summed E-state index contributed by atoms with van der Waals surface area (Å²) in [6, 6.07) is 14.9. The number of sulfonamides is 1. The zero-order chi connectivity index (χ0) is 21.7. The summed E-state index contributed by atoms with van der Waals surface area (Å²) in [4.78, 5) is 12.3. The number of amides is 1. The lowest BCUT2D eigenvalue weighted by Crippen LogP contribution is -2.41. The van der Waals surface area contributed by atoms with Crippen LogP contribution >= 0.6 is 0 Å². The quantitative estimate of drug-likeness (QED) is 0.668. The molecule has 6 nitrogen and oxygen atoms in total. The normalized spacial score (nSPS) is 11.8. The summed E-state index contributed by atoms with van der Waals surface area (Å²) in [6.07, 6.45) is 1.10. The van der Waals surface area contributed by atoms with Gasteiger partial charge >= 0.3 is 0 Å². The van der Waals surface area contributed by atoms with Gasteiger partial charge in [-0.3, -0.25) is 9.10 Å². The van der Waals surface area contributed by atoms with Gasteiger partial charge in [-0.25, -0.2) is 8.42 Å². The molecule has 158 valence electrons. The maximum atomic E-state index is 12.3. The minimum absolute atomic E-state index is 0.0384. The van der Waals surface area contributed by atoms with E-state index in [0.717, 1.165) is 27.4 Å². The van der Waals surface area contributed by atoms with Gasteiger partial charge in [-0.05, 0) is 42.2 Å². The van der Waals surface area contributed by atoms with Crippen LogP contribution in [0.25, 0.3) is 0 Å². The zero-order valence-electron chi connectivity index (χ0n) is 17.7. The molecule has 0 aliphatic rings. The summed E-state index contributed by atoms with van der Waals surface area (Å²) in [6.45, 7) is 8.56. The highest BCUT2D eigenvalue weighted by Gasteiger charge is 2.21. The Bertz CT molecular complexity index is 915. The molecule has 2 aromatic carbocycles. The van der Waals surface area contributed by atoms with E-state index in [1.807, 2.05) is 43.3 Å². The molecule has 2 rings (SSSR count).